The number of rotatable bonds is 4. The van der Waals surface area contributed by atoms with Crippen LogP contribution in [0.15, 0.2) is 79.2 Å². The van der Waals surface area contributed by atoms with Gasteiger partial charge in [0.05, 0.1) is 0 Å². The molecule has 24 heavy (non-hydrogen) atoms. The van der Waals surface area contributed by atoms with Crippen LogP contribution < -0.4 is 4.90 Å². The number of hydrogen-bond acceptors (Lipinski definition) is 3. The molecular formula is C20H18NO2S-. The number of aryl methyl sites for hydroxylation is 1. The summed E-state index contributed by atoms with van der Waals surface area (Å²) in [4.78, 5) is 2.06. The summed E-state index contributed by atoms with van der Waals surface area (Å²) in [6, 6.07) is 15.8. The van der Waals surface area contributed by atoms with E-state index >= 15 is 0 Å². The minimum absolute atomic E-state index is 0.0430. The lowest BCUT2D eigenvalue weighted by Crippen LogP contribution is -2.16. The standard InChI is InChI=1S/C20H19NO2S/c1-15-4-3-5-20(12-15)21-13-19(9-6-16(21)2)18-10-7-17(8-11-18)14-24(22)23/h3-13H,2,14H2,1H3,(H,22,23)/p-1. The highest BCUT2D eigenvalue weighted by atomic mass is 32.2. The first-order chi connectivity index (χ1) is 11.5. The van der Waals surface area contributed by atoms with Gasteiger partial charge < -0.3 is 9.45 Å². The Morgan fingerprint density at radius 1 is 1.12 bits per heavy atom. The van der Waals surface area contributed by atoms with Gasteiger partial charge in [-0.25, -0.2) is 0 Å². The Morgan fingerprint density at radius 3 is 2.54 bits per heavy atom. The van der Waals surface area contributed by atoms with E-state index in [2.05, 4.69) is 42.8 Å². The average Bonchev–Trinajstić information content (AvgIpc) is 2.55. The molecule has 0 saturated carbocycles. The largest absolute Gasteiger partial charge is 0.772 e. The predicted molar refractivity (Wildman–Crippen MR) is 99.0 cm³/mol. The molecule has 0 spiro atoms. The van der Waals surface area contributed by atoms with Gasteiger partial charge in [0.1, 0.15) is 0 Å². The van der Waals surface area contributed by atoms with Gasteiger partial charge in [0.25, 0.3) is 0 Å². The number of anilines is 1. The first-order valence-electron chi connectivity index (χ1n) is 7.63. The summed E-state index contributed by atoms with van der Waals surface area (Å²) in [5, 5.41) is 0. The van der Waals surface area contributed by atoms with E-state index in [1.165, 1.54) is 5.56 Å². The average molecular weight is 336 g/mol. The highest BCUT2D eigenvalue weighted by molar-refractivity contribution is 7.78. The van der Waals surface area contributed by atoms with E-state index in [-0.39, 0.29) is 5.75 Å². The molecular weight excluding hydrogens is 318 g/mol. The zero-order valence-corrected chi connectivity index (χ0v) is 14.3. The third kappa shape index (κ3) is 3.72. The minimum Gasteiger partial charge on any atom is -0.772 e. The molecule has 0 fully saturated rings. The van der Waals surface area contributed by atoms with Crippen molar-refractivity contribution in [3.05, 3.63) is 95.8 Å². The van der Waals surface area contributed by atoms with Gasteiger partial charge in [0.2, 0.25) is 0 Å². The Labute approximate surface area is 144 Å². The Kier molecular flexibility index (Phi) is 4.79. The van der Waals surface area contributed by atoms with Crippen LogP contribution in [0, 0.1) is 6.92 Å². The van der Waals surface area contributed by atoms with Gasteiger partial charge in [-0.05, 0) is 47.4 Å². The van der Waals surface area contributed by atoms with Crippen LogP contribution in [0.3, 0.4) is 0 Å². The summed E-state index contributed by atoms with van der Waals surface area (Å²) in [7, 11) is 0. The van der Waals surface area contributed by atoms with Gasteiger partial charge in [0, 0.05) is 23.3 Å². The molecule has 2 aromatic carbocycles. The maximum absolute atomic E-state index is 10.8. The molecule has 4 heteroatoms. The van der Waals surface area contributed by atoms with E-state index in [0.717, 1.165) is 28.1 Å². The van der Waals surface area contributed by atoms with Crippen LogP contribution in [0.4, 0.5) is 5.69 Å². The van der Waals surface area contributed by atoms with Gasteiger partial charge in [0.15, 0.2) is 0 Å². The zero-order valence-electron chi connectivity index (χ0n) is 13.4. The van der Waals surface area contributed by atoms with Crippen LogP contribution >= 0.6 is 0 Å². The topological polar surface area (TPSA) is 43.4 Å². The smallest absolute Gasteiger partial charge is 0.0458 e. The van der Waals surface area contributed by atoms with Gasteiger partial charge >= 0.3 is 0 Å². The summed E-state index contributed by atoms with van der Waals surface area (Å²) in [5.74, 6) is 0.0430. The molecule has 1 unspecified atom stereocenters. The van der Waals surface area contributed by atoms with Crippen LogP contribution in [0.1, 0.15) is 16.7 Å². The maximum atomic E-state index is 10.8. The fourth-order valence-corrected chi connectivity index (χ4v) is 3.11. The molecule has 0 aromatic heterocycles. The molecule has 0 bridgehead atoms. The normalized spacial score (nSPS) is 15.3. The maximum Gasteiger partial charge on any atom is 0.0458 e. The minimum atomic E-state index is -2.06. The summed E-state index contributed by atoms with van der Waals surface area (Å²) in [5.41, 5.74) is 6.05. The van der Waals surface area contributed by atoms with E-state index in [0.29, 0.717) is 0 Å². The van der Waals surface area contributed by atoms with E-state index in [9.17, 15) is 8.76 Å². The highest BCUT2D eigenvalue weighted by Gasteiger charge is 2.12. The molecule has 0 radical (unpaired) electrons. The number of nitrogens with zero attached hydrogens (tertiary/aromatic N) is 1. The Bertz CT molecular complexity index is 850. The molecule has 1 aliphatic heterocycles. The molecule has 1 aliphatic rings. The van der Waals surface area contributed by atoms with Gasteiger partial charge in [-0.1, -0.05) is 60.1 Å². The third-order valence-electron chi connectivity index (χ3n) is 3.88. The third-order valence-corrected chi connectivity index (χ3v) is 4.45. The Morgan fingerprint density at radius 2 is 1.88 bits per heavy atom. The lowest BCUT2D eigenvalue weighted by atomic mass is 10.0. The van der Waals surface area contributed by atoms with Crippen molar-refractivity contribution in [3.8, 4) is 0 Å². The van der Waals surface area contributed by atoms with E-state index in [1.807, 2.05) is 42.5 Å². The second-order valence-corrected chi connectivity index (χ2v) is 6.66. The van der Waals surface area contributed by atoms with Crippen molar-refractivity contribution in [1.29, 1.82) is 0 Å². The SMILES string of the molecule is C=C1C=CC(c2ccc(CS(=O)[O-])cc2)=CN1c1cccc(C)c1. The summed E-state index contributed by atoms with van der Waals surface area (Å²) >= 11 is -2.06. The second-order valence-electron chi connectivity index (χ2n) is 5.76. The molecule has 1 atom stereocenters. The number of benzene rings is 2. The van der Waals surface area contributed by atoms with Crippen molar-refractivity contribution >= 4 is 22.3 Å². The number of hydrogen-bond donors (Lipinski definition) is 0. The van der Waals surface area contributed by atoms with E-state index in [1.54, 1.807) is 0 Å². The first kappa shape index (κ1) is 16.4. The predicted octanol–water partition coefficient (Wildman–Crippen LogP) is 4.31. The molecule has 2 aromatic rings. The molecule has 0 saturated heterocycles. The summed E-state index contributed by atoms with van der Waals surface area (Å²) < 4.78 is 21.6. The van der Waals surface area contributed by atoms with Crippen LogP contribution in [-0.2, 0) is 16.8 Å². The van der Waals surface area contributed by atoms with Crippen LogP contribution in [0.2, 0.25) is 0 Å². The van der Waals surface area contributed by atoms with E-state index in [4.69, 9.17) is 0 Å². The highest BCUT2D eigenvalue weighted by Crippen LogP contribution is 2.29. The van der Waals surface area contributed by atoms with Crippen molar-refractivity contribution in [2.24, 2.45) is 0 Å². The first-order valence-corrected chi connectivity index (χ1v) is 8.87. The molecule has 0 aliphatic carbocycles. The molecule has 122 valence electrons. The van der Waals surface area contributed by atoms with Crippen molar-refractivity contribution in [2.45, 2.75) is 12.7 Å². The fourth-order valence-electron chi connectivity index (χ4n) is 2.65. The van der Waals surface area contributed by atoms with E-state index < -0.39 is 11.1 Å². The molecule has 0 amide bonds. The monoisotopic (exact) mass is 336 g/mol. The lowest BCUT2D eigenvalue weighted by molar-refractivity contribution is 0.536. The van der Waals surface area contributed by atoms with Crippen molar-refractivity contribution in [1.82, 2.24) is 0 Å². The second kappa shape index (κ2) is 6.99. The van der Waals surface area contributed by atoms with Gasteiger partial charge in [-0.2, -0.15) is 0 Å². The molecule has 0 N–H and O–H groups in total. The summed E-state index contributed by atoms with van der Waals surface area (Å²) in [6.45, 7) is 6.17. The quantitative estimate of drug-likeness (QED) is 0.782. The van der Waals surface area contributed by atoms with Crippen molar-refractivity contribution < 1.29 is 8.76 Å². The van der Waals surface area contributed by atoms with Crippen LogP contribution in [0.25, 0.3) is 5.57 Å². The van der Waals surface area contributed by atoms with Crippen LogP contribution in [0.5, 0.6) is 0 Å². The number of allylic oxidation sites excluding steroid dienone is 3. The van der Waals surface area contributed by atoms with Crippen molar-refractivity contribution in [3.63, 3.8) is 0 Å². The molecule has 3 rings (SSSR count). The molecule has 1 heterocycles. The Hall–Kier alpha value is -2.43. The fraction of sp³-hybridized carbons (Fsp3) is 0.100. The zero-order chi connectivity index (χ0) is 17.1. The van der Waals surface area contributed by atoms with Gasteiger partial charge in [-0.3, -0.25) is 4.21 Å². The summed E-state index contributed by atoms with van der Waals surface area (Å²) in [6.07, 6.45) is 6.06. The van der Waals surface area contributed by atoms with Crippen LogP contribution in [-0.4, -0.2) is 8.76 Å². The van der Waals surface area contributed by atoms with Gasteiger partial charge in [-0.15, -0.1) is 0 Å². The molecule has 3 nitrogen and oxygen atoms in total. The Balaban J connectivity index is 1.90. The van der Waals surface area contributed by atoms with Crippen molar-refractivity contribution in [2.75, 3.05) is 4.90 Å². The lowest BCUT2D eigenvalue weighted by Gasteiger charge is -2.26.